The summed E-state index contributed by atoms with van der Waals surface area (Å²) >= 11 is 0. The molecule has 0 aliphatic rings. The van der Waals surface area contributed by atoms with Crippen molar-refractivity contribution in [3.63, 3.8) is 0 Å². The lowest BCUT2D eigenvalue weighted by atomic mass is 12.0. The van der Waals surface area contributed by atoms with Crippen molar-refractivity contribution in [3.8, 4) is 0 Å². The van der Waals surface area contributed by atoms with E-state index < -0.39 is 0 Å². The number of nitrogens with one attached hydrogen (secondary N) is 1. The molecule has 0 aliphatic carbocycles. The zero-order chi connectivity index (χ0) is 3.58. The van der Waals surface area contributed by atoms with Crippen LogP contribution in [0.2, 0.25) is 0 Å². The number of rotatable bonds is 0. The van der Waals surface area contributed by atoms with Gasteiger partial charge in [0.05, 0.1) is 0 Å². The van der Waals surface area contributed by atoms with E-state index in [4.69, 9.17) is 4.78 Å². The third kappa shape index (κ3) is 25.4. The van der Waals surface area contributed by atoms with Gasteiger partial charge in [-0.3, -0.25) is 8.02 Å². The van der Waals surface area contributed by atoms with Gasteiger partial charge in [0, 0.05) is 0 Å². The van der Waals surface area contributed by atoms with Crippen molar-refractivity contribution in [2.45, 2.75) is 0 Å². The van der Waals surface area contributed by atoms with Crippen LogP contribution in [0, 0.1) is 4.78 Å². The van der Waals surface area contributed by atoms with Crippen LogP contribution in [-0.4, -0.2) is 6.26 Å². The third-order valence-corrected chi connectivity index (χ3v) is 0. The van der Waals surface area contributed by atoms with Crippen molar-refractivity contribution in [1.29, 1.82) is 4.78 Å². The van der Waals surface area contributed by atoms with E-state index >= 15 is 0 Å². The fraction of sp³-hybridized carbons (Fsp3) is 1.00. The van der Waals surface area contributed by atoms with Gasteiger partial charge in [-0.1, -0.05) is 0 Å². The van der Waals surface area contributed by atoms with Gasteiger partial charge in [-0.05, 0) is 0 Å². The van der Waals surface area contributed by atoms with Gasteiger partial charge in [0.1, 0.15) is 0 Å². The second kappa shape index (κ2) is 1.74. The largest absolute Gasteiger partial charge is 0.447 e. The molecule has 1 nitrogen and oxygen atoms in total. The Morgan fingerprint density at radius 2 is 2.00 bits per heavy atom. The Balaban J connectivity index is 3.51. The van der Waals surface area contributed by atoms with Crippen LogP contribution >= 0.6 is 8.02 Å². The molecule has 0 rings (SSSR count). The molecule has 4 heavy (non-hydrogen) atoms. The van der Waals surface area contributed by atoms with Gasteiger partial charge < -0.3 is 14.6 Å². The first-order valence-electron chi connectivity index (χ1n) is 0.816. The predicted octanol–water partition coefficient (Wildman–Crippen LogP) is 1.05. The SMILES string of the molecule is C[S-](=N)=P. The summed E-state index contributed by atoms with van der Waals surface area (Å²) in [5, 5.41) is 0. The van der Waals surface area contributed by atoms with Gasteiger partial charge in [-0.25, -0.2) is 0 Å². The molecule has 0 unspecified atom stereocenters. The second-order valence-electron chi connectivity index (χ2n) is 0.510. The Morgan fingerprint density at radius 3 is 2.00 bits per heavy atom. The van der Waals surface area contributed by atoms with Crippen LogP contribution in [0.25, 0.3) is 0 Å². The molecule has 0 amide bonds. The molecule has 0 spiro atoms. The topological polar surface area (TPSA) is 23.9 Å². The maximum absolute atomic E-state index is 6.52. The van der Waals surface area contributed by atoms with Crippen LogP contribution in [0.5, 0.6) is 0 Å². The van der Waals surface area contributed by atoms with Crippen molar-refractivity contribution < 1.29 is 0 Å². The first-order chi connectivity index (χ1) is 1.73. The minimum absolute atomic E-state index is 0.306. The second-order valence-corrected chi connectivity index (χ2v) is 3.37. The standard InChI is InChI=1S/CH5NPS/c1-4(2)3/h2-3H,1H3/q-1. The van der Waals surface area contributed by atoms with Gasteiger partial charge in [0.15, 0.2) is 0 Å². The van der Waals surface area contributed by atoms with Crippen molar-refractivity contribution in [2.75, 3.05) is 6.26 Å². The van der Waals surface area contributed by atoms with Crippen molar-refractivity contribution in [1.82, 2.24) is 0 Å². The summed E-state index contributed by atoms with van der Waals surface area (Å²) in [6, 6.07) is 0. The molecule has 0 aliphatic heterocycles. The Bertz CT molecular complexity index is 56.4. The molecule has 0 fully saturated rings. The zero-order valence-electron chi connectivity index (χ0n) is 2.41. The summed E-state index contributed by atoms with van der Waals surface area (Å²) in [5.41, 5.74) is 0. The first-order valence-corrected chi connectivity index (χ1v) is 3.67. The molecule has 0 aromatic carbocycles. The van der Waals surface area contributed by atoms with Gasteiger partial charge >= 0.3 is 0 Å². The van der Waals surface area contributed by atoms with E-state index in [-0.39, 0.29) is 9.87 Å². The molecule has 0 saturated heterocycles. The molecule has 0 atom stereocenters. The fourth-order valence-corrected chi connectivity index (χ4v) is 0. The molecular formula is CH5NPS-. The monoisotopic (exact) mass is 94.0 g/mol. The molecule has 3 heteroatoms. The van der Waals surface area contributed by atoms with E-state index in [0.29, 0.717) is 0 Å². The lowest BCUT2D eigenvalue weighted by Crippen LogP contribution is -1.40. The predicted molar refractivity (Wildman–Crippen MR) is 24.3 cm³/mol. The van der Waals surface area contributed by atoms with Crippen LogP contribution in [-0.2, 0) is 9.87 Å². The Hall–Kier alpha value is 0.450. The molecular weight excluding hydrogens is 89.1 g/mol. The van der Waals surface area contributed by atoms with E-state index in [9.17, 15) is 0 Å². The maximum atomic E-state index is 6.52. The third-order valence-electron chi connectivity index (χ3n) is 0. The lowest BCUT2D eigenvalue weighted by molar-refractivity contribution is 1.65. The molecule has 0 bridgehead atoms. The molecule has 1 N–H and O–H groups in total. The van der Waals surface area contributed by atoms with Crippen molar-refractivity contribution in [2.24, 2.45) is 0 Å². The summed E-state index contributed by atoms with van der Waals surface area (Å²) in [7, 11) is 2.70. The van der Waals surface area contributed by atoms with Crippen molar-refractivity contribution >= 4 is 17.9 Å². The zero-order valence-corrected chi connectivity index (χ0v) is 4.22. The highest BCUT2D eigenvalue weighted by Crippen LogP contribution is 1.58. The Labute approximate surface area is 29.8 Å². The lowest BCUT2D eigenvalue weighted by Gasteiger charge is -1.73. The highest BCUT2D eigenvalue weighted by molar-refractivity contribution is 8.07. The maximum Gasteiger partial charge on any atom is -0.131 e. The summed E-state index contributed by atoms with van der Waals surface area (Å²) in [6.45, 7) is 0. The van der Waals surface area contributed by atoms with Gasteiger partial charge in [0.25, 0.3) is 0 Å². The molecule has 0 saturated carbocycles. The van der Waals surface area contributed by atoms with Crippen LogP contribution in [0.15, 0.2) is 0 Å². The Morgan fingerprint density at radius 1 is 2.00 bits per heavy atom. The average molecular weight is 94.1 g/mol. The molecule has 26 valence electrons. The summed E-state index contributed by atoms with van der Waals surface area (Å²) in [4.78, 5) is 0. The highest BCUT2D eigenvalue weighted by Gasteiger charge is 1.12. The summed E-state index contributed by atoms with van der Waals surface area (Å²) < 4.78 is 6.52. The minimum Gasteiger partial charge on any atom is -0.447 e. The first kappa shape index (κ1) is 4.45. The number of hydrogen-bond donors (Lipinski definition) is 1. The van der Waals surface area contributed by atoms with Crippen LogP contribution < -0.4 is 0 Å². The van der Waals surface area contributed by atoms with Crippen LogP contribution in [0.4, 0.5) is 0 Å². The van der Waals surface area contributed by atoms with Gasteiger partial charge in [-0.2, -0.15) is 0 Å². The molecule has 0 aromatic rings. The van der Waals surface area contributed by atoms with Crippen LogP contribution in [0.1, 0.15) is 0 Å². The molecule has 0 aromatic heterocycles. The normalized spacial score (nSPS) is 8.50. The van der Waals surface area contributed by atoms with Crippen molar-refractivity contribution in [3.05, 3.63) is 0 Å². The Kier molecular flexibility index (Phi) is 1.94. The number of hydrogen-bond acceptors (Lipinski definition) is 2. The fourth-order valence-electron chi connectivity index (χ4n) is 0. The quantitative estimate of drug-likeness (QED) is 0.343. The van der Waals surface area contributed by atoms with Gasteiger partial charge in [0.2, 0.25) is 0 Å². The van der Waals surface area contributed by atoms with Crippen LogP contribution in [0.3, 0.4) is 0 Å². The van der Waals surface area contributed by atoms with E-state index in [0.717, 1.165) is 0 Å². The molecule has 0 radical (unpaired) electrons. The highest BCUT2D eigenvalue weighted by atomic mass is 32.5. The summed E-state index contributed by atoms with van der Waals surface area (Å²) in [6.07, 6.45) is 1.77. The van der Waals surface area contributed by atoms with E-state index in [1.54, 1.807) is 6.26 Å². The molecule has 0 heterocycles. The van der Waals surface area contributed by atoms with Gasteiger partial charge in [-0.15, -0.1) is 6.26 Å². The smallest absolute Gasteiger partial charge is 0.131 e. The average Bonchev–Trinajstić information content (AvgIpc) is 0.811. The van der Waals surface area contributed by atoms with E-state index in [1.165, 1.54) is 0 Å². The summed E-state index contributed by atoms with van der Waals surface area (Å²) in [5.74, 6) is 0. The van der Waals surface area contributed by atoms with E-state index in [2.05, 4.69) is 8.02 Å². The van der Waals surface area contributed by atoms with E-state index in [1.807, 2.05) is 0 Å². The minimum atomic E-state index is -0.306.